The second-order valence-corrected chi connectivity index (χ2v) is 3.47. The number of nitrogens with zero attached hydrogens (tertiary/aromatic N) is 1. The average Bonchev–Trinajstić information content (AvgIpc) is 2.37. The number of hydrogen-bond donors (Lipinski definition) is 1. The first-order valence-corrected chi connectivity index (χ1v) is 5.22. The predicted octanol–water partition coefficient (Wildman–Crippen LogP) is 2.08. The highest BCUT2D eigenvalue weighted by Gasteiger charge is 2.08. The fraction of sp³-hybridized carbons (Fsp3) is 0.231. The molecule has 0 aliphatic carbocycles. The van der Waals surface area contributed by atoms with Gasteiger partial charge in [-0.1, -0.05) is 6.07 Å². The van der Waals surface area contributed by atoms with Crippen LogP contribution >= 0.6 is 0 Å². The zero-order valence-corrected chi connectivity index (χ0v) is 10.1. The molecule has 1 N–H and O–H groups in total. The van der Waals surface area contributed by atoms with Crippen LogP contribution in [0.1, 0.15) is 12.5 Å². The first-order valence-electron chi connectivity index (χ1n) is 5.22. The molecule has 0 fully saturated rings. The highest BCUT2D eigenvalue weighted by molar-refractivity contribution is 5.85. The maximum atomic E-state index is 10.4. The van der Waals surface area contributed by atoms with Crippen LogP contribution in [0, 0.1) is 11.3 Å². The Morgan fingerprint density at radius 2 is 2.22 bits per heavy atom. The predicted molar refractivity (Wildman–Crippen MR) is 65.4 cm³/mol. The minimum absolute atomic E-state index is 0.444. The Kier molecular flexibility index (Phi) is 4.76. The van der Waals surface area contributed by atoms with E-state index in [-0.39, 0.29) is 0 Å². The maximum absolute atomic E-state index is 10.4. The minimum Gasteiger partial charge on any atom is -0.493 e. The highest BCUT2D eigenvalue weighted by atomic mass is 16.5. The lowest BCUT2D eigenvalue weighted by Gasteiger charge is -2.12. The largest absolute Gasteiger partial charge is 0.493 e. The van der Waals surface area contributed by atoms with Crippen molar-refractivity contribution < 1.29 is 19.4 Å². The average molecular weight is 247 g/mol. The summed E-state index contributed by atoms with van der Waals surface area (Å²) < 4.78 is 10.5. The summed E-state index contributed by atoms with van der Waals surface area (Å²) in [5, 5.41) is 17.2. The fourth-order valence-electron chi connectivity index (χ4n) is 1.27. The molecule has 1 rings (SSSR count). The number of rotatable bonds is 5. The Hall–Kier alpha value is -2.48. The molecule has 0 aliphatic rings. The number of aliphatic carboxylic acids is 1. The van der Waals surface area contributed by atoms with E-state index < -0.39 is 12.1 Å². The lowest BCUT2D eigenvalue weighted by Crippen LogP contribution is -2.09. The molecule has 1 atom stereocenters. The molecule has 0 amide bonds. The molecule has 94 valence electrons. The smallest absolute Gasteiger partial charge is 0.328 e. The SMILES string of the molecule is COc1cc(/C=C/C(=O)O)ccc1OC(C)C#N. The number of carboxylic acid groups (broad SMARTS) is 1. The Morgan fingerprint density at radius 3 is 2.78 bits per heavy atom. The molecule has 0 radical (unpaired) electrons. The van der Waals surface area contributed by atoms with Gasteiger partial charge in [0, 0.05) is 6.08 Å². The van der Waals surface area contributed by atoms with Crippen LogP contribution in [0.15, 0.2) is 24.3 Å². The van der Waals surface area contributed by atoms with Gasteiger partial charge in [-0.15, -0.1) is 0 Å². The van der Waals surface area contributed by atoms with Crippen molar-refractivity contribution in [2.45, 2.75) is 13.0 Å². The quantitative estimate of drug-likeness (QED) is 0.806. The molecule has 1 aromatic carbocycles. The van der Waals surface area contributed by atoms with Gasteiger partial charge in [-0.3, -0.25) is 0 Å². The van der Waals surface area contributed by atoms with Gasteiger partial charge in [0.05, 0.1) is 7.11 Å². The van der Waals surface area contributed by atoms with Gasteiger partial charge in [0.15, 0.2) is 17.6 Å². The van der Waals surface area contributed by atoms with Crippen LogP contribution in [-0.2, 0) is 4.79 Å². The van der Waals surface area contributed by atoms with Crippen LogP contribution in [-0.4, -0.2) is 24.3 Å². The standard InChI is InChI=1S/C13H13NO4/c1-9(8-14)18-11-5-3-10(4-6-13(15)16)7-12(11)17-2/h3-7,9H,1-2H3,(H,15,16)/b6-4+. The number of carboxylic acids is 1. The van der Waals surface area contributed by atoms with Crippen LogP contribution in [0.5, 0.6) is 11.5 Å². The van der Waals surface area contributed by atoms with E-state index in [0.717, 1.165) is 6.08 Å². The molecule has 5 heteroatoms. The summed E-state index contributed by atoms with van der Waals surface area (Å²) in [7, 11) is 1.48. The number of hydrogen-bond acceptors (Lipinski definition) is 4. The van der Waals surface area contributed by atoms with E-state index >= 15 is 0 Å². The Balaban J connectivity index is 2.97. The van der Waals surface area contributed by atoms with E-state index in [4.69, 9.17) is 19.8 Å². The van der Waals surface area contributed by atoms with Gasteiger partial charge in [-0.2, -0.15) is 5.26 Å². The van der Waals surface area contributed by atoms with Crippen LogP contribution in [0.2, 0.25) is 0 Å². The Morgan fingerprint density at radius 1 is 1.50 bits per heavy atom. The summed E-state index contributed by atoms with van der Waals surface area (Å²) in [5.41, 5.74) is 0.672. The first-order chi connectivity index (χ1) is 8.56. The van der Waals surface area contributed by atoms with Crippen molar-refractivity contribution in [3.8, 4) is 17.6 Å². The van der Waals surface area contributed by atoms with Crippen LogP contribution < -0.4 is 9.47 Å². The van der Waals surface area contributed by atoms with Crippen LogP contribution in [0.25, 0.3) is 6.08 Å². The molecule has 0 heterocycles. The molecule has 1 unspecified atom stereocenters. The Labute approximate surface area is 105 Å². The first kappa shape index (κ1) is 13.6. The summed E-state index contributed by atoms with van der Waals surface area (Å²) in [4.78, 5) is 10.4. The third kappa shape index (κ3) is 3.83. The van der Waals surface area contributed by atoms with E-state index in [1.54, 1.807) is 25.1 Å². The molecule has 1 aromatic rings. The number of nitriles is 1. The van der Waals surface area contributed by atoms with Gasteiger partial charge in [-0.25, -0.2) is 4.79 Å². The topological polar surface area (TPSA) is 79.6 Å². The van der Waals surface area contributed by atoms with Crippen LogP contribution in [0.4, 0.5) is 0 Å². The number of carbonyl (C=O) groups is 1. The third-order valence-electron chi connectivity index (χ3n) is 2.09. The molecular weight excluding hydrogens is 234 g/mol. The normalized spacial score (nSPS) is 11.8. The van der Waals surface area contributed by atoms with Crippen molar-refractivity contribution >= 4 is 12.0 Å². The van der Waals surface area contributed by atoms with Gasteiger partial charge >= 0.3 is 5.97 Å². The van der Waals surface area contributed by atoms with Crippen LogP contribution in [0.3, 0.4) is 0 Å². The zero-order chi connectivity index (χ0) is 13.5. The van der Waals surface area contributed by atoms with Crippen molar-refractivity contribution in [3.05, 3.63) is 29.8 Å². The Bertz CT molecular complexity index is 502. The van der Waals surface area contributed by atoms with Gasteiger partial charge in [0.2, 0.25) is 0 Å². The molecule has 0 saturated heterocycles. The molecule has 0 spiro atoms. The van der Waals surface area contributed by atoms with E-state index in [9.17, 15) is 4.79 Å². The fourth-order valence-corrected chi connectivity index (χ4v) is 1.27. The highest BCUT2D eigenvalue weighted by Crippen LogP contribution is 2.29. The van der Waals surface area contributed by atoms with Gasteiger partial charge in [-0.05, 0) is 30.7 Å². The summed E-state index contributed by atoms with van der Waals surface area (Å²) >= 11 is 0. The summed E-state index contributed by atoms with van der Waals surface area (Å²) in [6.07, 6.45) is 1.90. The second kappa shape index (κ2) is 6.30. The van der Waals surface area contributed by atoms with Crippen molar-refractivity contribution in [1.29, 1.82) is 5.26 Å². The number of benzene rings is 1. The molecule has 18 heavy (non-hydrogen) atoms. The summed E-state index contributed by atoms with van der Waals surface area (Å²) in [6.45, 7) is 1.62. The van der Waals surface area contributed by atoms with Crippen molar-refractivity contribution in [2.24, 2.45) is 0 Å². The zero-order valence-electron chi connectivity index (χ0n) is 10.1. The molecule has 0 saturated carbocycles. The molecule has 0 aromatic heterocycles. The monoisotopic (exact) mass is 247 g/mol. The van der Waals surface area contributed by atoms with Crippen molar-refractivity contribution in [1.82, 2.24) is 0 Å². The summed E-state index contributed by atoms with van der Waals surface area (Å²) in [5.74, 6) is -0.129. The second-order valence-electron chi connectivity index (χ2n) is 3.47. The minimum atomic E-state index is -1.02. The lowest BCUT2D eigenvalue weighted by molar-refractivity contribution is -0.131. The summed E-state index contributed by atoms with van der Waals surface area (Å²) in [6, 6.07) is 6.90. The molecular formula is C13H13NO4. The third-order valence-corrected chi connectivity index (χ3v) is 2.09. The maximum Gasteiger partial charge on any atom is 0.328 e. The van der Waals surface area contributed by atoms with Gasteiger partial charge in [0.25, 0.3) is 0 Å². The molecule has 0 aliphatic heterocycles. The van der Waals surface area contributed by atoms with E-state index in [2.05, 4.69) is 0 Å². The molecule has 0 bridgehead atoms. The van der Waals surface area contributed by atoms with Gasteiger partial charge < -0.3 is 14.6 Å². The van der Waals surface area contributed by atoms with E-state index in [0.29, 0.717) is 17.1 Å². The number of ether oxygens (including phenoxy) is 2. The van der Waals surface area contributed by atoms with Crippen molar-refractivity contribution in [3.63, 3.8) is 0 Å². The number of methoxy groups -OCH3 is 1. The van der Waals surface area contributed by atoms with E-state index in [1.807, 2.05) is 6.07 Å². The van der Waals surface area contributed by atoms with Crippen molar-refractivity contribution in [2.75, 3.05) is 7.11 Å². The lowest BCUT2D eigenvalue weighted by atomic mass is 10.2. The molecule has 5 nitrogen and oxygen atoms in total. The van der Waals surface area contributed by atoms with Gasteiger partial charge in [0.1, 0.15) is 6.07 Å². The van der Waals surface area contributed by atoms with E-state index in [1.165, 1.54) is 13.2 Å².